The molecule has 148 valence electrons. The Kier molecular flexibility index (Phi) is 6.26. The van der Waals surface area contributed by atoms with Crippen LogP contribution in [0.2, 0.25) is 0 Å². The van der Waals surface area contributed by atoms with E-state index in [-0.39, 0.29) is 11.8 Å². The summed E-state index contributed by atoms with van der Waals surface area (Å²) in [4.78, 5) is 38.3. The number of nitrogens with zero attached hydrogens (tertiary/aromatic N) is 4. The maximum atomic E-state index is 13.0. The number of anilines is 1. The van der Waals surface area contributed by atoms with Gasteiger partial charge >= 0.3 is 0 Å². The molecule has 2 aliphatic heterocycles. The van der Waals surface area contributed by atoms with Crippen molar-refractivity contribution in [2.75, 3.05) is 32.0 Å². The zero-order valence-electron chi connectivity index (χ0n) is 16.3. The number of likely N-dealkylation sites (tertiary alicyclic amines) is 1. The van der Waals surface area contributed by atoms with Crippen LogP contribution in [0, 0.1) is 0 Å². The average molecular weight is 374 g/mol. The van der Waals surface area contributed by atoms with Gasteiger partial charge in [0.2, 0.25) is 11.9 Å². The van der Waals surface area contributed by atoms with E-state index in [0.29, 0.717) is 37.6 Å². The minimum atomic E-state index is -0.485. The van der Waals surface area contributed by atoms with Crippen LogP contribution in [-0.4, -0.2) is 64.3 Å². The van der Waals surface area contributed by atoms with Gasteiger partial charge in [-0.3, -0.25) is 9.59 Å². The number of nitrogens with one attached hydrogen (secondary N) is 1. The lowest BCUT2D eigenvalue weighted by molar-refractivity contribution is -0.133. The number of nitrogens with two attached hydrogens (primary N) is 1. The fraction of sp³-hybridized carbons (Fsp3) is 0.684. The largest absolute Gasteiger partial charge is 0.357 e. The predicted molar refractivity (Wildman–Crippen MR) is 103 cm³/mol. The Morgan fingerprint density at radius 3 is 2.59 bits per heavy atom. The number of rotatable bonds is 6. The molecular formula is C19H30N6O2. The molecule has 1 aromatic rings. The summed E-state index contributed by atoms with van der Waals surface area (Å²) in [6.07, 6.45) is 5.29. The van der Waals surface area contributed by atoms with Crippen LogP contribution in [0.25, 0.3) is 0 Å². The van der Waals surface area contributed by atoms with Gasteiger partial charge in [0.25, 0.3) is 5.91 Å². The lowest BCUT2D eigenvalue weighted by atomic mass is 10.0. The fourth-order valence-corrected chi connectivity index (χ4v) is 3.74. The van der Waals surface area contributed by atoms with E-state index in [0.717, 1.165) is 50.0 Å². The summed E-state index contributed by atoms with van der Waals surface area (Å²) in [5.41, 5.74) is 8.13. The highest BCUT2D eigenvalue weighted by molar-refractivity contribution is 5.94. The maximum absolute atomic E-state index is 13.0. The number of carbonyl (C=O) groups is 2. The van der Waals surface area contributed by atoms with Crippen molar-refractivity contribution in [3.63, 3.8) is 0 Å². The van der Waals surface area contributed by atoms with Gasteiger partial charge in [0.05, 0.1) is 11.7 Å². The number of unbranched alkanes of at least 4 members (excludes halogenated alkanes) is 1. The molecule has 1 atom stereocenters. The molecule has 0 radical (unpaired) electrons. The second kappa shape index (κ2) is 8.65. The topological polar surface area (TPSA) is 104 Å². The number of fused-ring (bicyclic) bond motifs is 1. The van der Waals surface area contributed by atoms with Gasteiger partial charge in [-0.25, -0.2) is 9.97 Å². The summed E-state index contributed by atoms with van der Waals surface area (Å²) in [5, 5.41) is 2.94. The molecule has 2 aliphatic rings. The Balaban J connectivity index is 1.85. The Morgan fingerprint density at radius 1 is 1.19 bits per heavy atom. The molecule has 3 heterocycles. The number of aromatic nitrogens is 2. The summed E-state index contributed by atoms with van der Waals surface area (Å²) in [7, 11) is 1.75. The molecule has 3 N–H and O–H groups in total. The lowest BCUT2D eigenvalue weighted by Gasteiger charge is -2.31. The Bertz CT molecular complexity index is 702. The van der Waals surface area contributed by atoms with E-state index >= 15 is 0 Å². The van der Waals surface area contributed by atoms with E-state index in [1.807, 2.05) is 4.90 Å². The molecule has 0 bridgehead atoms. The van der Waals surface area contributed by atoms with Gasteiger partial charge in [0.15, 0.2) is 0 Å². The van der Waals surface area contributed by atoms with Crippen LogP contribution in [0.15, 0.2) is 0 Å². The van der Waals surface area contributed by atoms with E-state index in [1.54, 1.807) is 11.9 Å². The van der Waals surface area contributed by atoms with E-state index in [9.17, 15) is 9.59 Å². The van der Waals surface area contributed by atoms with Crippen molar-refractivity contribution < 1.29 is 9.59 Å². The first-order valence-corrected chi connectivity index (χ1v) is 9.96. The molecule has 8 heteroatoms. The van der Waals surface area contributed by atoms with Crippen LogP contribution in [0.4, 0.5) is 5.95 Å². The van der Waals surface area contributed by atoms with Gasteiger partial charge in [0, 0.05) is 45.2 Å². The second-order valence-corrected chi connectivity index (χ2v) is 7.33. The van der Waals surface area contributed by atoms with Crippen molar-refractivity contribution >= 4 is 17.8 Å². The minimum absolute atomic E-state index is 0.0497. The van der Waals surface area contributed by atoms with Crippen molar-refractivity contribution in [2.45, 2.75) is 58.0 Å². The summed E-state index contributed by atoms with van der Waals surface area (Å²) >= 11 is 0. The van der Waals surface area contributed by atoms with Crippen molar-refractivity contribution in [3.8, 4) is 0 Å². The van der Waals surface area contributed by atoms with E-state index in [1.165, 1.54) is 0 Å². The Labute approximate surface area is 160 Å². The van der Waals surface area contributed by atoms with Crippen molar-refractivity contribution in [2.24, 2.45) is 5.73 Å². The summed E-state index contributed by atoms with van der Waals surface area (Å²) in [6, 6.07) is -0.485. The van der Waals surface area contributed by atoms with Gasteiger partial charge in [-0.15, -0.1) is 0 Å². The summed E-state index contributed by atoms with van der Waals surface area (Å²) < 4.78 is 0. The minimum Gasteiger partial charge on any atom is -0.357 e. The van der Waals surface area contributed by atoms with Crippen LogP contribution in [-0.2, 0) is 17.8 Å². The SMILES string of the molecule is CCCC[C@@H](N)C(=O)N1CCc2nc(NC)nc(C(=O)N3CCCC3)c2C1. The van der Waals surface area contributed by atoms with E-state index < -0.39 is 6.04 Å². The molecule has 0 saturated carbocycles. The van der Waals surface area contributed by atoms with Crippen molar-refractivity contribution in [1.82, 2.24) is 19.8 Å². The Morgan fingerprint density at radius 2 is 1.93 bits per heavy atom. The van der Waals surface area contributed by atoms with Crippen LogP contribution in [0.1, 0.15) is 60.8 Å². The van der Waals surface area contributed by atoms with Gasteiger partial charge in [-0.2, -0.15) is 0 Å². The van der Waals surface area contributed by atoms with Gasteiger partial charge < -0.3 is 20.9 Å². The third-order valence-electron chi connectivity index (χ3n) is 5.38. The number of carbonyl (C=O) groups excluding carboxylic acids is 2. The maximum Gasteiger partial charge on any atom is 0.273 e. The quantitative estimate of drug-likeness (QED) is 0.774. The molecular weight excluding hydrogens is 344 g/mol. The molecule has 0 unspecified atom stereocenters. The molecule has 0 aliphatic carbocycles. The third-order valence-corrected chi connectivity index (χ3v) is 5.38. The fourth-order valence-electron chi connectivity index (χ4n) is 3.74. The highest BCUT2D eigenvalue weighted by Crippen LogP contribution is 2.24. The molecule has 27 heavy (non-hydrogen) atoms. The van der Waals surface area contributed by atoms with Crippen molar-refractivity contribution in [1.29, 1.82) is 0 Å². The molecule has 1 saturated heterocycles. The highest BCUT2D eigenvalue weighted by Gasteiger charge is 2.31. The molecule has 3 rings (SSSR count). The third kappa shape index (κ3) is 4.21. The Hall–Kier alpha value is -2.22. The summed E-state index contributed by atoms with van der Waals surface area (Å²) in [6.45, 7) is 4.53. The second-order valence-electron chi connectivity index (χ2n) is 7.33. The zero-order valence-corrected chi connectivity index (χ0v) is 16.3. The smallest absolute Gasteiger partial charge is 0.273 e. The lowest BCUT2D eigenvalue weighted by Crippen LogP contribution is -2.46. The first-order valence-electron chi connectivity index (χ1n) is 9.96. The van der Waals surface area contributed by atoms with Gasteiger partial charge in [-0.05, 0) is 19.3 Å². The monoisotopic (exact) mass is 374 g/mol. The molecule has 8 nitrogen and oxygen atoms in total. The highest BCUT2D eigenvalue weighted by atomic mass is 16.2. The first kappa shape index (κ1) is 19.5. The van der Waals surface area contributed by atoms with E-state index in [4.69, 9.17) is 5.73 Å². The van der Waals surface area contributed by atoms with Crippen LogP contribution in [0.3, 0.4) is 0 Å². The molecule has 1 fully saturated rings. The van der Waals surface area contributed by atoms with Crippen LogP contribution < -0.4 is 11.1 Å². The van der Waals surface area contributed by atoms with Gasteiger partial charge in [0.1, 0.15) is 5.69 Å². The van der Waals surface area contributed by atoms with Crippen molar-refractivity contribution in [3.05, 3.63) is 17.0 Å². The standard InChI is InChI=1S/C19H30N6O2/c1-3-4-7-14(20)17(26)25-11-8-15-13(12-25)16(23-19(21-2)22-15)18(27)24-9-5-6-10-24/h14H,3-12,20H2,1-2H3,(H,21,22,23)/t14-/m1/s1. The van der Waals surface area contributed by atoms with Gasteiger partial charge in [-0.1, -0.05) is 19.8 Å². The molecule has 2 amide bonds. The normalized spacial score (nSPS) is 17.6. The molecule has 0 aromatic carbocycles. The first-order chi connectivity index (χ1) is 13.0. The van der Waals surface area contributed by atoms with E-state index in [2.05, 4.69) is 22.2 Å². The number of hydrogen-bond acceptors (Lipinski definition) is 6. The van der Waals surface area contributed by atoms with Crippen LogP contribution in [0.5, 0.6) is 0 Å². The molecule has 0 spiro atoms. The molecule has 1 aromatic heterocycles. The average Bonchev–Trinajstić information content (AvgIpc) is 3.24. The zero-order chi connectivity index (χ0) is 19.4. The number of amides is 2. The van der Waals surface area contributed by atoms with Crippen LogP contribution >= 0.6 is 0 Å². The predicted octanol–water partition coefficient (Wildman–Crippen LogP) is 1.16. The summed E-state index contributed by atoms with van der Waals surface area (Å²) in [5.74, 6) is 0.342. The number of hydrogen-bond donors (Lipinski definition) is 2.